The van der Waals surface area contributed by atoms with Gasteiger partial charge in [-0.3, -0.25) is 0 Å². The van der Waals surface area contributed by atoms with Gasteiger partial charge < -0.3 is 10.3 Å². The molecule has 0 radical (unpaired) electrons. The molecule has 3 rings (SSSR count). The fourth-order valence-corrected chi connectivity index (χ4v) is 4.21. The highest BCUT2D eigenvalue weighted by atomic mass is 32.2. The maximum absolute atomic E-state index is 5.64. The van der Waals surface area contributed by atoms with Crippen molar-refractivity contribution >= 4 is 33.2 Å². The van der Waals surface area contributed by atoms with Crippen LogP contribution in [-0.4, -0.2) is 21.3 Å². The SMILES string of the molecule is Cc1nnc(SCc2csc3ccccc23)n1CCN. The van der Waals surface area contributed by atoms with Gasteiger partial charge in [0.15, 0.2) is 5.16 Å². The minimum atomic E-state index is 0.605. The Hall–Kier alpha value is -1.37. The first kappa shape index (κ1) is 13.6. The average molecular weight is 304 g/mol. The smallest absolute Gasteiger partial charge is 0.191 e. The Morgan fingerprint density at radius 1 is 1.30 bits per heavy atom. The van der Waals surface area contributed by atoms with Crippen molar-refractivity contribution in [2.75, 3.05) is 6.54 Å². The van der Waals surface area contributed by atoms with Crippen LogP contribution in [0.5, 0.6) is 0 Å². The van der Waals surface area contributed by atoms with Crippen LogP contribution in [0.4, 0.5) is 0 Å². The van der Waals surface area contributed by atoms with Crippen molar-refractivity contribution in [2.45, 2.75) is 24.4 Å². The monoisotopic (exact) mass is 304 g/mol. The second kappa shape index (κ2) is 5.95. The van der Waals surface area contributed by atoms with Gasteiger partial charge in [-0.15, -0.1) is 21.5 Å². The summed E-state index contributed by atoms with van der Waals surface area (Å²) in [7, 11) is 0. The van der Waals surface area contributed by atoms with Crippen molar-refractivity contribution in [3.05, 3.63) is 41.0 Å². The molecule has 0 bridgehead atoms. The molecule has 0 amide bonds. The van der Waals surface area contributed by atoms with E-state index in [0.29, 0.717) is 6.54 Å². The molecule has 1 aromatic carbocycles. The number of aromatic nitrogens is 3. The van der Waals surface area contributed by atoms with E-state index in [4.69, 9.17) is 5.73 Å². The molecule has 2 aromatic heterocycles. The predicted molar refractivity (Wildman–Crippen MR) is 85.2 cm³/mol. The van der Waals surface area contributed by atoms with Gasteiger partial charge in [-0.25, -0.2) is 0 Å². The first-order valence-corrected chi connectivity index (χ1v) is 8.34. The summed E-state index contributed by atoms with van der Waals surface area (Å²) in [4.78, 5) is 0. The lowest BCUT2D eigenvalue weighted by Gasteiger charge is -2.06. The van der Waals surface area contributed by atoms with Crippen LogP contribution in [0, 0.1) is 6.92 Å². The molecule has 20 heavy (non-hydrogen) atoms. The van der Waals surface area contributed by atoms with Crippen molar-refractivity contribution < 1.29 is 0 Å². The van der Waals surface area contributed by atoms with Crippen LogP contribution < -0.4 is 5.73 Å². The Labute approximate surface area is 126 Å². The minimum absolute atomic E-state index is 0.605. The van der Waals surface area contributed by atoms with Crippen LogP contribution in [0.25, 0.3) is 10.1 Å². The lowest BCUT2D eigenvalue weighted by molar-refractivity contribution is 0.627. The zero-order valence-electron chi connectivity index (χ0n) is 11.2. The molecule has 0 saturated heterocycles. The fraction of sp³-hybridized carbons (Fsp3) is 0.286. The van der Waals surface area contributed by atoms with Crippen LogP contribution in [0.15, 0.2) is 34.8 Å². The Morgan fingerprint density at radius 3 is 3.00 bits per heavy atom. The maximum atomic E-state index is 5.64. The molecule has 0 saturated carbocycles. The fourth-order valence-electron chi connectivity index (χ4n) is 2.14. The van der Waals surface area contributed by atoms with Crippen LogP contribution in [0.1, 0.15) is 11.4 Å². The molecular formula is C14H16N4S2. The second-order valence-corrected chi connectivity index (χ2v) is 6.37. The van der Waals surface area contributed by atoms with Crippen LogP contribution >= 0.6 is 23.1 Å². The zero-order chi connectivity index (χ0) is 13.9. The van der Waals surface area contributed by atoms with Gasteiger partial charge in [-0.2, -0.15) is 0 Å². The summed E-state index contributed by atoms with van der Waals surface area (Å²) in [5, 5.41) is 12.9. The third-order valence-electron chi connectivity index (χ3n) is 3.17. The molecule has 4 nitrogen and oxygen atoms in total. The zero-order valence-corrected chi connectivity index (χ0v) is 12.9. The van der Waals surface area contributed by atoms with E-state index in [9.17, 15) is 0 Å². The molecule has 0 spiro atoms. The predicted octanol–water partition coefficient (Wildman–Crippen LogP) is 3.05. The lowest BCUT2D eigenvalue weighted by atomic mass is 10.2. The summed E-state index contributed by atoms with van der Waals surface area (Å²) in [5.74, 6) is 1.83. The molecular weight excluding hydrogens is 288 g/mol. The second-order valence-electron chi connectivity index (χ2n) is 4.52. The van der Waals surface area contributed by atoms with E-state index >= 15 is 0 Å². The maximum Gasteiger partial charge on any atom is 0.191 e. The van der Waals surface area contributed by atoms with Crippen molar-refractivity contribution in [2.24, 2.45) is 5.73 Å². The summed E-state index contributed by atoms with van der Waals surface area (Å²) >= 11 is 3.51. The van der Waals surface area contributed by atoms with Gasteiger partial charge in [0.2, 0.25) is 0 Å². The normalized spacial score (nSPS) is 11.3. The van der Waals surface area contributed by atoms with Crippen molar-refractivity contribution in [3.8, 4) is 0 Å². The molecule has 2 heterocycles. The highest BCUT2D eigenvalue weighted by molar-refractivity contribution is 7.98. The average Bonchev–Trinajstić information content (AvgIpc) is 3.03. The third kappa shape index (κ3) is 2.59. The number of fused-ring (bicyclic) bond motifs is 1. The molecule has 0 aliphatic heterocycles. The van der Waals surface area contributed by atoms with Gasteiger partial charge >= 0.3 is 0 Å². The van der Waals surface area contributed by atoms with E-state index in [1.807, 2.05) is 6.92 Å². The number of thioether (sulfide) groups is 1. The number of hydrogen-bond donors (Lipinski definition) is 1. The molecule has 0 aliphatic rings. The van der Waals surface area contributed by atoms with E-state index < -0.39 is 0 Å². The van der Waals surface area contributed by atoms with Gasteiger partial charge in [-0.05, 0) is 29.3 Å². The van der Waals surface area contributed by atoms with E-state index in [1.165, 1.54) is 15.6 Å². The number of nitrogens with two attached hydrogens (primary N) is 1. The number of aryl methyl sites for hydroxylation is 1. The van der Waals surface area contributed by atoms with Crippen molar-refractivity contribution in [1.82, 2.24) is 14.8 Å². The number of thiophene rings is 1. The van der Waals surface area contributed by atoms with Crippen LogP contribution in [0.3, 0.4) is 0 Å². The summed E-state index contributed by atoms with van der Waals surface area (Å²) in [6, 6.07) is 8.51. The number of benzene rings is 1. The van der Waals surface area contributed by atoms with E-state index in [1.54, 1.807) is 23.1 Å². The first-order valence-electron chi connectivity index (χ1n) is 6.47. The standard InChI is InChI=1S/C14H16N4S2/c1-10-16-17-14(18(10)7-6-15)20-9-11-8-19-13-5-3-2-4-12(11)13/h2-5,8H,6-7,9,15H2,1H3. The van der Waals surface area contributed by atoms with Gasteiger partial charge in [-0.1, -0.05) is 30.0 Å². The largest absolute Gasteiger partial charge is 0.329 e. The molecule has 0 unspecified atom stereocenters. The van der Waals surface area contributed by atoms with E-state index in [-0.39, 0.29) is 0 Å². The van der Waals surface area contributed by atoms with Gasteiger partial charge in [0.1, 0.15) is 5.82 Å². The Kier molecular flexibility index (Phi) is 4.05. The van der Waals surface area contributed by atoms with Crippen LogP contribution in [0.2, 0.25) is 0 Å². The summed E-state index contributed by atoms with van der Waals surface area (Å²) in [5.41, 5.74) is 7.00. The minimum Gasteiger partial charge on any atom is -0.329 e. The van der Waals surface area contributed by atoms with Gasteiger partial charge in [0.25, 0.3) is 0 Å². The number of rotatable bonds is 5. The van der Waals surface area contributed by atoms with Crippen LogP contribution in [-0.2, 0) is 12.3 Å². The van der Waals surface area contributed by atoms with Gasteiger partial charge in [0.05, 0.1) is 0 Å². The highest BCUT2D eigenvalue weighted by Gasteiger charge is 2.10. The number of hydrogen-bond acceptors (Lipinski definition) is 5. The molecule has 2 N–H and O–H groups in total. The molecule has 0 fully saturated rings. The molecule has 6 heteroatoms. The molecule has 3 aromatic rings. The van der Waals surface area contributed by atoms with E-state index in [2.05, 4.69) is 44.4 Å². The summed E-state index contributed by atoms with van der Waals surface area (Å²) < 4.78 is 3.42. The summed E-state index contributed by atoms with van der Waals surface area (Å²) in [6.07, 6.45) is 0. The molecule has 104 valence electrons. The van der Waals surface area contributed by atoms with Crippen molar-refractivity contribution in [1.29, 1.82) is 0 Å². The van der Waals surface area contributed by atoms with E-state index in [0.717, 1.165) is 23.3 Å². The molecule has 0 aliphatic carbocycles. The Bertz CT molecular complexity index is 717. The summed E-state index contributed by atoms with van der Waals surface area (Å²) in [6.45, 7) is 3.34. The molecule has 0 atom stereocenters. The Balaban J connectivity index is 1.80. The van der Waals surface area contributed by atoms with Gasteiger partial charge in [0, 0.05) is 23.5 Å². The third-order valence-corrected chi connectivity index (χ3v) is 5.20. The first-order chi connectivity index (χ1) is 9.79. The number of nitrogens with zero attached hydrogens (tertiary/aromatic N) is 3. The lowest BCUT2D eigenvalue weighted by Crippen LogP contribution is -2.12. The highest BCUT2D eigenvalue weighted by Crippen LogP contribution is 2.30. The van der Waals surface area contributed by atoms with Crippen molar-refractivity contribution in [3.63, 3.8) is 0 Å². The Morgan fingerprint density at radius 2 is 2.15 bits per heavy atom. The quantitative estimate of drug-likeness (QED) is 0.736. The topological polar surface area (TPSA) is 56.7 Å².